The molecule has 9 nitrogen and oxygen atoms in total. The Hall–Kier alpha value is -5.57. The highest BCUT2D eigenvalue weighted by Gasteiger charge is 2.36. The third-order valence-electron chi connectivity index (χ3n) is 9.18. The number of likely N-dealkylation sites (N-methyl/N-ethyl adjacent to an activating group) is 1. The van der Waals surface area contributed by atoms with Gasteiger partial charge >= 0.3 is 17.9 Å². The van der Waals surface area contributed by atoms with Gasteiger partial charge in [0, 0.05) is 19.4 Å². The molecule has 0 saturated carbocycles. The normalized spacial score (nSPS) is 13.6. The van der Waals surface area contributed by atoms with Crippen molar-refractivity contribution in [2.45, 2.75) is 51.2 Å². The second kappa shape index (κ2) is 16.7. The van der Waals surface area contributed by atoms with Crippen molar-refractivity contribution >= 4 is 29.6 Å². The van der Waals surface area contributed by atoms with Gasteiger partial charge in [-0.25, -0.2) is 0 Å². The maximum Gasteiger partial charge on any atom is 0.306 e. The number of esters is 2. The fourth-order valence-electron chi connectivity index (χ4n) is 6.39. The Kier molecular flexibility index (Phi) is 11.9. The quantitative estimate of drug-likeness (QED) is 0.139. The van der Waals surface area contributed by atoms with Crippen molar-refractivity contribution in [3.63, 3.8) is 0 Å². The van der Waals surface area contributed by atoms with Gasteiger partial charge in [0.1, 0.15) is 13.2 Å². The lowest BCUT2D eigenvalue weighted by Crippen LogP contribution is -2.47. The lowest BCUT2D eigenvalue weighted by atomic mass is 9.92. The molecule has 0 spiro atoms. The molecule has 3 atom stereocenters. The molecule has 258 valence electrons. The molecule has 1 N–H and O–H groups in total. The molecule has 0 heterocycles. The van der Waals surface area contributed by atoms with Gasteiger partial charge in [-0.05, 0) is 39.8 Å². The minimum atomic E-state index is -1.19. The summed E-state index contributed by atoms with van der Waals surface area (Å²) in [6, 6.07) is 33.0. The maximum atomic E-state index is 14.2. The molecule has 0 unspecified atom stereocenters. The van der Waals surface area contributed by atoms with Crippen molar-refractivity contribution in [1.29, 1.82) is 0 Å². The van der Waals surface area contributed by atoms with Gasteiger partial charge in [-0.2, -0.15) is 0 Å². The number of rotatable bonds is 16. The molecule has 1 aliphatic carbocycles. The standard InChI is InChI=1S/C41H41NO8/c1-27(41(47)48)21-37(43)36(22-28-13-5-3-6-14-28)42(2)40(46)30(23-38(44)49-25-29-15-7-4-8-16-29)24-39(45)50-26-35-33-19-11-9-17-31(33)32-18-10-12-20-34(32)35/h3-20,27,30,35-36H,21-26H2,1-2H3,(H,47,48)/t27-,30-,36+/m1/s1. The number of carbonyl (C=O) groups excluding carboxylic acids is 4. The van der Waals surface area contributed by atoms with E-state index in [9.17, 15) is 29.1 Å². The topological polar surface area (TPSA) is 127 Å². The Morgan fingerprint density at radius 2 is 1.18 bits per heavy atom. The van der Waals surface area contributed by atoms with Crippen LogP contribution in [0.4, 0.5) is 0 Å². The van der Waals surface area contributed by atoms with Gasteiger partial charge in [-0.15, -0.1) is 0 Å². The lowest BCUT2D eigenvalue weighted by Gasteiger charge is -2.31. The van der Waals surface area contributed by atoms with E-state index in [0.717, 1.165) is 33.4 Å². The highest BCUT2D eigenvalue weighted by molar-refractivity contribution is 5.94. The van der Waals surface area contributed by atoms with Crippen LogP contribution < -0.4 is 0 Å². The van der Waals surface area contributed by atoms with Gasteiger partial charge in [-0.3, -0.25) is 24.0 Å². The molecule has 0 saturated heterocycles. The molecular weight excluding hydrogens is 634 g/mol. The van der Waals surface area contributed by atoms with Crippen molar-refractivity contribution in [2.24, 2.45) is 11.8 Å². The molecule has 0 radical (unpaired) electrons. The van der Waals surface area contributed by atoms with Crippen LogP contribution in [-0.2, 0) is 46.5 Å². The van der Waals surface area contributed by atoms with Crippen molar-refractivity contribution in [1.82, 2.24) is 4.90 Å². The zero-order valence-electron chi connectivity index (χ0n) is 28.2. The average Bonchev–Trinajstić information content (AvgIpc) is 3.45. The average molecular weight is 676 g/mol. The molecule has 1 amide bonds. The van der Waals surface area contributed by atoms with Crippen molar-refractivity contribution in [2.75, 3.05) is 13.7 Å². The van der Waals surface area contributed by atoms with Gasteiger partial charge in [0.2, 0.25) is 5.91 Å². The number of hydrogen-bond donors (Lipinski definition) is 1. The number of ketones is 1. The van der Waals surface area contributed by atoms with E-state index < -0.39 is 60.3 Å². The Morgan fingerprint density at radius 1 is 0.680 bits per heavy atom. The van der Waals surface area contributed by atoms with Gasteiger partial charge in [0.05, 0.1) is 30.7 Å². The van der Waals surface area contributed by atoms with Crippen molar-refractivity contribution < 1.29 is 38.6 Å². The SMILES string of the molecule is C[C@H](CC(=O)[C@H](Cc1ccccc1)N(C)C(=O)[C@H](CC(=O)OCc1ccccc1)CC(=O)OCC1c2ccccc2-c2ccccc21)C(=O)O. The number of carboxylic acid groups (broad SMARTS) is 1. The summed E-state index contributed by atoms with van der Waals surface area (Å²) in [5.41, 5.74) is 5.76. The molecule has 0 aromatic heterocycles. The summed E-state index contributed by atoms with van der Waals surface area (Å²) in [5, 5.41) is 9.47. The molecule has 9 heteroatoms. The third kappa shape index (κ3) is 8.91. The first-order valence-corrected chi connectivity index (χ1v) is 16.7. The van der Waals surface area contributed by atoms with Crippen molar-refractivity contribution in [3.8, 4) is 11.1 Å². The Labute approximate surface area is 291 Å². The fourth-order valence-corrected chi connectivity index (χ4v) is 6.39. The van der Waals surface area contributed by atoms with E-state index >= 15 is 0 Å². The largest absolute Gasteiger partial charge is 0.481 e. The molecule has 50 heavy (non-hydrogen) atoms. The summed E-state index contributed by atoms with van der Waals surface area (Å²) in [6.07, 6.45) is -1.000. The van der Waals surface area contributed by atoms with E-state index in [-0.39, 0.29) is 32.0 Å². The van der Waals surface area contributed by atoms with Gasteiger partial charge in [0.25, 0.3) is 0 Å². The minimum Gasteiger partial charge on any atom is -0.481 e. The maximum absolute atomic E-state index is 14.2. The van der Waals surface area contributed by atoms with Crippen LogP contribution in [0.5, 0.6) is 0 Å². The van der Waals surface area contributed by atoms with Crippen LogP contribution in [0.25, 0.3) is 11.1 Å². The Bertz CT molecular complexity index is 1780. The van der Waals surface area contributed by atoms with Gasteiger partial charge < -0.3 is 19.5 Å². The second-order valence-corrected chi connectivity index (χ2v) is 12.7. The van der Waals surface area contributed by atoms with Crippen LogP contribution in [-0.4, -0.2) is 59.3 Å². The number of fused-ring (bicyclic) bond motifs is 3. The predicted molar refractivity (Wildman–Crippen MR) is 187 cm³/mol. The number of Topliss-reactive ketones (excluding diaryl/α,β-unsaturated/α-hetero) is 1. The van der Waals surface area contributed by atoms with Gasteiger partial charge in [-0.1, -0.05) is 116 Å². The van der Waals surface area contributed by atoms with E-state index in [1.54, 1.807) is 24.3 Å². The summed E-state index contributed by atoms with van der Waals surface area (Å²) in [4.78, 5) is 67.1. The Balaban J connectivity index is 1.34. The highest BCUT2D eigenvalue weighted by atomic mass is 16.5. The first-order chi connectivity index (χ1) is 24.1. The Morgan fingerprint density at radius 3 is 1.74 bits per heavy atom. The predicted octanol–water partition coefficient (Wildman–Crippen LogP) is 6.23. The monoisotopic (exact) mass is 675 g/mol. The zero-order chi connectivity index (χ0) is 35.6. The van der Waals surface area contributed by atoms with E-state index in [0.29, 0.717) is 0 Å². The number of amides is 1. The van der Waals surface area contributed by atoms with E-state index in [4.69, 9.17) is 9.47 Å². The molecule has 1 aliphatic rings. The third-order valence-corrected chi connectivity index (χ3v) is 9.18. The second-order valence-electron chi connectivity index (χ2n) is 12.7. The summed E-state index contributed by atoms with van der Waals surface area (Å²) in [5.74, 6) is -5.88. The molecule has 4 aromatic carbocycles. The summed E-state index contributed by atoms with van der Waals surface area (Å²) in [7, 11) is 1.44. The smallest absolute Gasteiger partial charge is 0.306 e. The molecular formula is C41H41NO8. The number of aliphatic carboxylic acids is 1. The highest BCUT2D eigenvalue weighted by Crippen LogP contribution is 2.44. The molecule has 5 rings (SSSR count). The fraction of sp³-hybridized carbons (Fsp3) is 0.293. The van der Waals surface area contributed by atoms with E-state index in [1.807, 2.05) is 84.9 Å². The molecule has 4 aromatic rings. The minimum absolute atomic E-state index is 0.0104. The first kappa shape index (κ1) is 35.7. The number of benzene rings is 4. The number of nitrogens with zero attached hydrogens (tertiary/aromatic N) is 1. The van der Waals surface area contributed by atoms with Crippen LogP contribution in [0, 0.1) is 11.8 Å². The molecule has 0 fully saturated rings. The number of hydrogen-bond acceptors (Lipinski definition) is 7. The van der Waals surface area contributed by atoms with Crippen LogP contribution in [0.2, 0.25) is 0 Å². The van der Waals surface area contributed by atoms with Crippen LogP contribution >= 0.6 is 0 Å². The van der Waals surface area contributed by atoms with Crippen LogP contribution in [0.3, 0.4) is 0 Å². The number of carboxylic acids is 1. The summed E-state index contributed by atoms with van der Waals surface area (Å²) >= 11 is 0. The number of ether oxygens (including phenoxy) is 2. The lowest BCUT2D eigenvalue weighted by molar-refractivity contribution is -0.155. The van der Waals surface area contributed by atoms with Crippen molar-refractivity contribution in [3.05, 3.63) is 131 Å². The van der Waals surface area contributed by atoms with Crippen LogP contribution in [0.1, 0.15) is 54.4 Å². The van der Waals surface area contributed by atoms with Crippen LogP contribution in [0.15, 0.2) is 109 Å². The number of carbonyl (C=O) groups is 5. The molecule has 0 aliphatic heterocycles. The zero-order valence-corrected chi connectivity index (χ0v) is 28.2. The first-order valence-electron chi connectivity index (χ1n) is 16.7. The van der Waals surface area contributed by atoms with E-state index in [2.05, 4.69) is 0 Å². The van der Waals surface area contributed by atoms with Gasteiger partial charge in [0.15, 0.2) is 5.78 Å². The summed E-state index contributed by atoms with van der Waals surface area (Å²) < 4.78 is 11.3. The molecule has 0 bridgehead atoms. The van der Waals surface area contributed by atoms with E-state index in [1.165, 1.54) is 18.9 Å². The summed E-state index contributed by atoms with van der Waals surface area (Å²) in [6.45, 7) is 1.47.